The summed E-state index contributed by atoms with van der Waals surface area (Å²) in [5.41, 5.74) is 4.91. The molecule has 1 aliphatic heterocycles. The second-order valence-corrected chi connectivity index (χ2v) is 11.2. The first kappa shape index (κ1) is 25.1. The van der Waals surface area contributed by atoms with Gasteiger partial charge >= 0.3 is 5.69 Å². The fourth-order valence-electron chi connectivity index (χ4n) is 6.47. The molecule has 2 aliphatic rings. The third-order valence-electron chi connectivity index (χ3n) is 8.81. The second-order valence-electron chi connectivity index (χ2n) is 11.2. The number of methoxy groups -OCH3 is 1. The fourth-order valence-corrected chi connectivity index (χ4v) is 6.47. The van der Waals surface area contributed by atoms with Crippen molar-refractivity contribution in [1.82, 2.24) is 24.0 Å². The maximum atomic E-state index is 13.5. The Kier molecular flexibility index (Phi) is 6.70. The van der Waals surface area contributed by atoms with Crippen LogP contribution in [0.5, 0.6) is 0 Å². The summed E-state index contributed by atoms with van der Waals surface area (Å²) in [5.74, 6) is 1.04. The lowest BCUT2D eigenvalue weighted by Crippen LogP contribution is -2.42. The van der Waals surface area contributed by atoms with E-state index in [1.165, 1.54) is 0 Å². The van der Waals surface area contributed by atoms with Crippen molar-refractivity contribution in [2.24, 2.45) is 7.05 Å². The van der Waals surface area contributed by atoms with Crippen LogP contribution in [-0.2, 0) is 11.8 Å². The first-order valence-electron chi connectivity index (χ1n) is 13.8. The van der Waals surface area contributed by atoms with Gasteiger partial charge < -0.3 is 14.5 Å². The topological polar surface area (TPSA) is 68.4 Å². The summed E-state index contributed by atoms with van der Waals surface area (Å²) in [5, 5.41) is 1.01. The lowest BCUT2D eigenvalue weighted by atomic mass is 9.92. The van der Waals surface area contributed by atoms with Gasteiger partial charge in [-0.2, -0.15) is 0 Å². The van der Waals surface area contributed by atoms with E-state index in [0.29, 0.717) is 6.04 Å². The van der Waals surface area contributed by atoms with Crippen molar-refractivity contribution in [3.8, 4) is 11.1 Å². The Bertz CT molecular complexity index is 1500. The number of hydrogen-bond donors (Lipinski definition) is 0. The van der Waals surface area contributed by atoms with Crippen molar-refractivity contribution in [2.75, 3.05) is 39.2 Å². The van der Waals surface area contributed by atoms with E-state index in [9.17, 15) is 4.79 Å². The summed E-state index contributed by atoms with van der Waals surface area (Å²) in [4.78, 5) is 27.7. The molecule has 200 valence electrons. The molecule has 4 heterocycles. The van der Waals surface area contributed by atoms with E-state index >= 15 is 0 Å². The molecule has 4 aromatic rings. The maximum absolute atomic E-state index is 13.5. The Balaban J connectivity index is 1.36. The quantitative estimate of drug-likeness (QED) is 0.387. The van der Waals surface area contributed by atoms with Gasteiger partial charge in [0.1, 0.15) is 5.82 Å². The summed E-state index contributed by atoms with van der Waals surface area (Å²) in [7, 11) is 7.95. The molecular formula is C30H38N6O2. The Labute approximate surface area is 223 Å². The van der Waals surface area contributed by atoms with E-state index in [0.717, 1.165) is 90.5 Å². The van der Waals surface area contributed by atoms with E-state index in [-0.39, 0.29) is 17.8 Å². The summed E-state index contributed by atoms with van der Waals surface area (Å²) in [6.07, 6.45) is 10.3. The lowest BCUT2D eigenvalue weighted by Gasteiger charge is -2.35. The Morgan fingerprint density at radius 2 is 1.76 bits per heavy atom. The monoisotopic (exact) mass is 514 g/mol. The molecule has 8 nitrogen and oxygen atoms in total. The zero-order chi connectivity index (χ0) is 26.4. The molecule has 0 unspecified atom stereocenters. The van der Waals surface area contributed by atoms with Crippen molar-refractivity contribution in [3.05, 3.63) is 53.2 Å². The molecule has 1 saturated heterocycles. The molecule has 1 aliphatic carbocycles. The molecule has 2 fully saturated rings. The molecule has 8 heteroatoms. The number of imidazole rings is 1. The summed E-state index contributed by atoms with van der Waals surface area (Å²) < 4.78 is 9.43. The van der Waals surface area contributed by atoms with Crippen LogP contribution in [0, 0.1) is 0 Å². The standard InChI is InChI=1S/C30H38N6O2/c1-33(2)22-12-14-35(15-13-22)28-11-9-21(18-32-28)20-8-10-26-25(16-20)29-27(19-31-26)34(3)30(37)36(29)23-6-5-7-24(17-23)38-4/h8-11,16,18-19,22-24H,5-7,12-15,17H2,1-4H3/t23-,24+/m0/s1. The number of anilines is 1. The highest BCUT2D eigenvalue weighted by molar-refractivity contribution is 6.04. The molecule has 0 N–H and O–H groups in total. The van der Waals surface area contributed by atoms with Crippen LogP contribution in [0.3, 0.4) is 0 Å². The number of piperidine rings is 1. The molecule has 38 heavy (non-hydrogen) atoms. The number of ether oxygens (including phenoxy) is 1. The predicted octanol–water partition coefficient (Wildman–Crippen LogP) is 4.61. The number of aromatic nitrogens is 4. The molecule has 2 atom stereocenters. The van der Waals surface area contributed by atoms with Crippen molar-refractivity contribution in [3.63, 3.8) is 0 Å². The smallest absolute Gasteiger partial charge is 0.329 e. The van der Waals surface area contributed by atoms with Gasteiger partial charge in [0.15, 0.2) is 0 Å². The lowest BCUT2D eigenvalue weighted by molar-refractivity contribution is 0.0531. The summed E-state index contributed by atoms with van der Waals surface area (Å²) in [6, 6.07) is 11.4. The Morgan fingerprint density at radius 3 is 2.47 bits per heavy atom. The van der Waals surface area contributed by atoms with Gasteiger partial charge in [0.2, 0.25) is 0 Å². The average Bonchev–Trinajstić information content (AvgIpc) is 3.22. The molecular weight excluding hydrogens is 476 g/mol. The van der Waals surface area contributed by atoms with Gasteiger partial charge in [-0.05, 0) is 82.4 Å². The van der Waals surface area contributed by atoms with Gasteiger partial charge in [-0.25, -0.2) is 9.78 Å². The highest BCUT2D eigenvalue weighted by Gasteiger charge is 2.28. The van der Waals surface area contributed by atoms with Crippen LogP contribution in [0.4, 0.5) is 5.82 Å². The Morgan fingerprint density at radius 1 is 0.974 bits per heavy atom. The largest absolute Gasteiger partial charge is 0.381 e. The minimum absolute atomic E-state index is 0.0190. The minimum atomic E-state index is 0.0190. The van der Waals surface area contributed by atoms with Crippen molar-refractivity contribution in [2.45, 2.75) is 56.7 Å². The number of aryl methyl sites for hydroxylation is 1. The van der Waals surface area contributed by atoms with Crippen LogP contribution in [0.25, 0.3) is 33.1 Å². The van der Waals surface area contributed by atoms with Gasteiger partial charge in [-0.3, -0.25) is 14.1 Å². The van der Waals surface area contributed by atoms with Gasteiger partial charge in [0, 0.05) is 56.5 Å². The van der Waals surface area contributed by atoms with Gasteiger partial charge in [-0.1, -0.05) is 6.07 Å². The Hall–Kier alpha value is -3.23. The molecule has 6 rings (SSSR count). The van der Waals surface area contributed by atoms with Gasteiger partial charge in [-0.15, -0.1) is 0 Å². The fraction of sp³-hybridized carbons (Fsp3) is 0.500. The highest BCUT2D eigenvalue weighted by Crippen LogP contribution is 2.35. The van der Waals surface area contributed by atoms with Crippen LogP contribution < -0.4 is 10.6 Å². The van der Waals surface area contributed by atoms with Crippen LogP contribution in [0.15, 0.2) is 47.5 Å². The molecule has 3 aromatic heterocycles. The SMILES string of the molecule is CO[C@@H]1CCC[C@H](n2c(=O)n(C)c3cnc4ccc(-c5ccc(N6CCC(N(C)C)CC6)nc5)cc4c32)C1. The summed E-state index contributed by atoms with van der Waals surface area (Å²) >= 11 is 0. The molecule has 1 saturated carbocycles. The third kappa shape index (κ3) is 4.39. The number of benzene rings is 1. The summed E-state index contributed by atoms with van der Waals surface area (Å²) in [6.45, 7) is 2.07. The first-order chi connectivity index (χ1) is 18.4. The zero-order valence-electron chi connectivity index (χ0n) is 22.9. The van der Waals surface area contributed by atoms with E-state index in [2.05, 4.69) is 54.2 Å². The maximum Gasteiger partial charge on any atom is 0.329 e. The van der Waals surface area contributed by atoms with Crippen LogP contribution >= 0.6 is 0 Å². The minimum Gasteiger partial charge on any atom is -0.381 e. The number of pyridine rings is 2. The van der Waals surface area contributed by atoms with Crippen molar-refractivity contribution < 1.29 is 4.74 Å². The van der Waals surface area contributed by atoms with Gasteiger partial charge in [0.05, 0.1) is 28.9 Å². The van der Waals surface area contributed by atoms with E-state index in [1.807, 2.05) is 24.0 Å². The molecule has 0 spiro atoms. The average molecular weight is 515 g/mol. The molecule has 0 amide bonds. The van der Waals surface area contributed by atoms with Crippen LogP contribution in [-0.4, -0.2) is 70.4 Å². The zero-order valence-corrected chi connectivity index (χ0v) is 22.9. The molecule has 1 aromatic carbocycles. The molecule has 0 radical (unpaired) electrons. The van der Waals surface area contributed by atoms with Gasteiger partial charge in [0.25, 0.3) is 0 Å². The highest BCUT2D eigenvalue weighted by atomic mass is 16.5. The first-order valence-corrected chi connectivity index (χ1v) is 13.8. The van der Waals surface area contributed by atoms with Crippen molar-refractivity contribution >= 4 is 27.8 Å². The van der Waals surface area contributed by atoms with E-state index in [4.69, 9.17) is 14.7 Å². The van der Waals surface area contributed by atoms with Crippen molar-refractivity contribution in [1.29, 1.82) is 0 Å². The normalized spacial score (nSPS) is 21.1. The van der Waals surface area contributed by atoms with E-state index in [1.54, 1.807) is 11.7 Å². The second kappa shape index (κ2) is 10.2. The van der Waals surface area contributed by atoms with Crippen LogP contribution in [0.2, 0.25) is 0 Å². The van der Waals surface area contributed by atoms with E-state index < -0.39 is 0 Å². The van der Waals surface area contributed by atoms with Crippen LogP contribution in [0.1, 0.15) is 44.6 Å². The molecule has 0 bridgehead atoms. The number of hydrogen-bond acceptors (Lipinski definition) is 6. The predicted molar refractivity (Wildman–Crippen MR) is 153 cm³/mol. The number of fused-ring (bicyclic) bond motifs is 3. The third-order valence-corrected chi connectivity index (χ3v) is 8.81. The number of rotatable bonds is 5. The number of nitrogens with zero attached hydrogens (tertiary/aromatic N) is 6.